The number of fused-ring (bicyclic) bond motifs is 1. The maximum Gasteiger partial charge on any atom is 0.226 e. The van der Waals surface area contributed by atoms with E-state index < -0.39 is 0 Å². The molecule has 1 aliphatic heterocycles. The minimum Gasteiger partial charge on any atom is -0.445 e. The molecule has 4 nitrogen and oxygen atoms in total. The first kappa shape index (κ1) is 21.5. The fourth-order valence-corrected chi connectivity index (χ4v) is 6.67. The number of aromatic nitrogens is 1. The number of carbonyl (C=O) groups is 1. The molecule has 5 atom stereocenters. The van der Waals surface area contributed by atoms with Gasteiger partial charge in [0.25, 0.3) is 0 Å². The molecule has 2 aromatic carbocycles. The Balaban J connectivity index is 1.61. The largest absolute Gasteiger partial charge is 0.445 e. The van der Waals surface area contributed by atoms with Crippen molar-refractivity contribution in [2.75, 3.05) is 0 Å². The fraction of sp³-hybridized carbons (Fsp3) is 0.385. The fourth-order valence-electron chi connectivity index (χ4n) is 6.22. The van der Waals surface area contributed by atoms with Gasteiger partial charge >= 0.3 is 0 Å². The van der Waals surface area contributed by atoms with Crippen LogP contribution in [0.15, 0.2) is 59.3 Å². The van der Waals surface area contributed by atoms with Crippen LogP contribution < -0.4 is 5.32 Å². The molecular formula is C26H26Cl2N2O2. The number of hydrogen-bond acceptors (Lipinski definition) is 3. The van der Waals surface area contributed by atoms with Gasteiger partial charge in [0.1, 0.15) is 6.26 Å². The third-order valence-corrected chi connectivity index (χ3v) is 8.25. The molecule has 166 valence electrons. The molecule has 0 bridgehead atoms. The van der Waals surface area contributed by atoms with Crippen LogP contribution in [0.2, 0.25) is 10.0 Å². The van der Waals surface area contributed by atoms with Crippen LogP contribution in [0.3, 0.4) is 0 Å². The smallest absolute Gasteiger partial charge is 0.226 e. The van der Waals surface area contributed by atoms with E-state index in [-0.39, 0.29) is 35.1 Å². The van der Waals surface area contributed by atoms with Crippen molar-refractivity contribution in [2.45, 2.75) is 51.0 Å². The van der Waals surface area contributed by atoms with Crippen molar-refractivity contribution in [3.8, 4) is 11.5 Å². The summed E-state index contributed by atoms with van der Waals surface area (Å²) < 4.78 is 5.44. The van der Waals surface area contributed by atoms with Crippen molar-refractivity contribution in [1.29, 1.82) is 0 Å². The number of amides is 1. The number of rotatable bonds is 4. The molecule has 1 amide bonds. The third kappa shape index (κ3) is 3.36. The Hall–Kier alpha value is -2.30. The average Bonchev–Trinajstić information content (AvgIpc) is 3.41. The van der Waals surface area contributed by atoms with Crippen LogP contribution in [-0.2, 0) is 4.79 Å². The predicted octanol–water partition coefficient (Wildman–Crippen LogP) is 6.84. The lowest BCUT2D eigenvalue weighted by molar-refractivity contribution is -0.131. The Labute approximate surface area is 198 Å². The van der Waals surface area contributed by atoms with Gasteiger partial charge in [-0.15, -0.1) is 0 Å². The molecule has 0 unspecified atom stereocenters. The highest BCUT2D eigenvalue weighted by atomic mass is 35.5. The van der Waals surface area contributed by atoms with E-state index in [2.05, 4.69) is 42.3 Å². The van der Waals surface area contributed by atoms with Gasteiger partial charge in [-0.2, -0.15) is 0 Å². The van der Waals surface area contributed by atoms with Gasteiger partial charge in [0.2, 0.25) is 11.8 Å². The number of benzene rings is 2. The molecule has 2 fully saturated rings. The summed E-state index contributed by atoms with van der Waals surface area (Å²) in [6.45, 7) is 4.28. The standard InChI is InChI=1S/C26H26Cl2N2O2/c1-3-26-11-10-20(19-9-6-17(14-21(19)28)24-29-12-13-32-24)22(16-4-7-18(27)8-5-16)23(26)15(2)30-25(26)31/h4-9,12-15,20,22-23H,3,10-11H2,1-2H3,(H,30,31)/t15-,20+,22+,23+,26-/m1/s1. The van der Waals surface area contributed by atoms with Crippen molar-refractivity contribution in [3.63, 3.8) is 0 Å². The molecule has 32 heavy (non-hydrogen) atoms. The normalized spacial score (nSPS) is 29.6. The molecule has 3 aromatic rings. The van der Waals surface area contributed by atoms with Crippen LogP contribution in [0.4, 0.5) is 0 Å². The molecule has 2 heterocycles. The molecule has 5 rings (SSSR count). The van der Waals surface area contributed by atoms with Crippen LogP contribution >= 0.6 is 23.2 Å². The van der Waals surface area contributed by atoms with E-state index in [1.165, 1.54) is 5.56 Å². The summed E-state index contributed by atoms with van der Waals surface area (Å²) in [6.07, 6.45) is 5.78. The lowest BCUT2D eigenvalue weighted by atomic mass is 9.54. The molecule has 0 spiro atoms. The summed E-state index contributed by atoms with van der Waals surface area (Å²) in [4.78, 5) is 17.4. The van der Waals surface area contributed by atoms with E-state index >= 15 is 0 Å². The van der Waals surface area contributed by atoms with E-state index in [0.29, 0.717) is 15.9 Å². The van der Waals surface area contributed by atoms with E-state index in [9.17, 15) is 4.79 Å². The highest BCUT2D eigenvalue weighted by Crippen LogP contribution is 2.60. The second-order valence-corrected chi connectivity index (χ2v) is 9.94. The van der Waals surface area contributed by atoms with Gasteiger partial charge < -0.3 is 9.73 Å². The number of carbonyl (C=O) groups excluding carboxylic acids is 1. The van der Waals surface area contributed by atoms with Crippen molar-refractivity contribution >= 4 is 29.1 Å². The van der Waals surface area contributed by atoms with Crippen LogP contribution in [0, 0.1) is 11.3 Å². The summed E-state index contributed by atoms with van der Waals surface area (Å²) in [7, 11) is 0. The predicted molar refractivity (Wildman–Crippen MR) is 127 cm³/mol. The second kappa shape index (κ2) is 8.24. The second-order valence-electron chi connectivity index (χ2n) is 9.09. The summed E-state index contributed by atoms with van der Waals surface area (Å²) in [5.41, 5.74) is 2.83. The minimum atomic E-state index is -0.343. The van der Waals surface area contributed by atoms with Crippen LogP contribution in [0.1, 0.15) is 56.1 Å². The van der Waals surface area contributed by atoms with E-state index in [1.54, 1.807) is 12.5 Å². The maximum atomic E-state index is 13.1. The molecule has 1 aromatic heterocycles. The topological polar surface area (TPSA) is 55.1 Å². The van der Waals surface area contributed by atoms with Gasteiger partial charge in [0.15, 0.2) is 0 Å². The minimum absolute atomic E-state index is 0.0938. The zero-order chi connectivity index (χ0) is 22.5. The first-order chi connectivity index (χ1) is 15.4. The van der Waals surface area contributed by atoms with Crippen molar-refractivity contribution in [3.05, 3.63) is 76.1 Å². The number of halogens is 2. The highest BCUT2D eigenvalue weighted by molar-refractivity contribution is 6.31. The van der Waals surface area contributed by atoms with E-state index in [0.717, 1.165) is 30.4 Å². The Bertz CT molecular complexity index is 1130. The van der Waals surface area contributed by atoms with Gasteiger partial charge in [-0.3, -0.25) is 4.79 Å². The third-order valence-electron chi connectivity index (χ3n) is 7.67. The highest BCUT2D eigenvalue weighted by Gasteiger charge is 2.59. The Morgan fingerprint density at radius 1 is 1.19 bits per heavy atom. The van der Waals surface area contributed by atoms with Crippen molar-refractivity contribution in [1.82, 2.24) is 10.3 Å². The lowest BCUT2D eigenvalue weighted by Crippen LogP contribution is -2.43. The number of oxazole rings is 1. The van der Waals surface area contributed by atoms with Crippen molar-refractivity contribution < 1.29 is 9.21 Å². The average molecular weight is 469 g/mol. The SMILES string of the molecule is CC[C@@]12CC[C@@H](c3ccc(-c4ncco4)cc3Cl)[C@H](c3ccc(Cl)cc3)[C@@H]1[C@@H](C)NC2=O. The number of nitrogens with zero attached hydrogens (tertiary/aromatic N) is 1. The van der Waals surface area contributed by atoms with Gasteiger partial charge in [-0.25, -0.2) is 4.98 Å². The molecule has 2 aliphatic rings. The number of hydrogen-bond donors (Lipinski definition) is 1. The zero-order valence-corrected chi connectivity index (χ0v) is 19.7. The molecule has 1 saturated heterocycles. The summed E-state index contributed by atoms with van der Waals surface area (Å²) in [6, 6.07) is 14.3. The van der Waals surface area contributed by atoms with Gasteiger partial charge in [0.05, 0.1) is 11.6 Å². The molecular weight excluding hydrogens is 443 g/mol. The molecule has 1 saturated carbocycles. The Morgan fingerprint density at radius 2 is 1.97 bits per heavy atom. The van der Waals surface area contributed by atoms with Crippen LogP contribution in [0.5, 0.6) is 0 Å². The van der Waals surface area contributed by atoms with Crippen LogP contribution in [0.25, 0.3) is 11.5 Å². The summed E-state index contributed by atoms with van der Waals surface area (Å²) >= 11 is 13.1. The monoisotopic (exact) mass is 468 g/mol. The molecule has 6 heteroatoms. The first-order valence-corrected chi connectivity index (χ1v) is 12.0. The summed E-state index contributed by atoms with van der Waals surface area (Å²) in [5, 5.41) is 4.68. The molecule has 0 radical (unpaired) electrons. The van der Waals surface area contributed by atoms with Gasteiger partial charge in [0, 0.05) is 27.6 Å². The quantitative estimate of drug-likeness (QED) is 0.455. The number of nitrogens with one attached hydrogen (secondary N) is 1. The Kier molecular flexibility index (Phi) is 5.55. The Morgan fingerprint density at radius 3 is 2.62 bits per heavy atom. The summed E-state index contributed by atoms with van der Waals surface area (Å²) in [5.74, 6) is 1.28. The molecule has 1 N–H and O–H groups in total. The maximum absolute atomic E-state index is 13.1. The lowest BCUT2D eigenvalue weighted by Gasteiger charge is -2.47. The first-order valence-electron chi connectivity index (χ1n) is 11.2. The molecule has 1 aliphatic carbocycles. The van der Waals surface area contributed by atoms with E-state index in [4.69, 9.17) is 27.6 Å². The zero-order valence-electron chi connectivity index (χ0n) is 18.1. The van der Waals surface area contributed by atoms with Crippen LogP contribution in [-0.4, -0.2) is 16.9 Å². The van der Waals surface area contributed by atoms with Gasteiger partial charge in [-0.05, 0) is 73.4 Å². The van der Waals surface area contributed by atoms with Gasteiger partial charge in [-0.1, -0.05) is 48.3 Å². The van der Waals surface area contributed by atoms with E-state index in [1.807, 2.05) is 24.3 Å². The van der Waals surface area contributed by atoms with Crippen molar-refractivity contribution in [2.24, 2.45) is 11.3 Å².